The Labute approximate surface area is 110 Å². The quantitative estimate of drug-likeness (QED) is 0.498. The summed E-state index contributed by atoms with van der Waals surface area (Å²) in [6, 6.07) is 4.94. The van der Waals surface area contributed by atoms with Gasteiger partial charge in [0, 0.05) is 16.3 Å². The van der Waals surface area contributed by atoms with Crippen LogP contribution in [0.25, 0.3) is 0 Å². The minimum Gasteiger partial charge on any atom is -0.469 e. The first-order valence-corrected chi connectivity index (χ1v) is 6.24. The molecule has 0 heterocycles. The molecule has 1 aromatic rings. The Morgan fingerprint density at radius 2 is 2.00 bits per heavy atom. The highest BCUT2D eigenvalue weighted by atomic mass is 32.2. The first kappa shape index (κ1) is 14.4. The first-order chi connectivity index (χ1) is 8.58. The number of hydrogen-bond donors (Lipinski definition) is 1. The Hall–Kier alpha value is -1.69. The lowest BCUT2D eigenvalue weighted by Gasteiger charge is -2.06. The summed E-state index contributed by atoms with van der Waals surface area (Å²) in [6.45, 7) is 0. The van der Waals surface area contributed by atoms with Crippen LogP contribution in [0, 0.1) is 0 Å². The molecule has 0 atom stereocenters. The molecular weight excluding hydrogens is 254 g/mol. The van der Waals surface area contributed by atoms with Gasteiger partial charge in [-0.1, -0.05) is 0 Å². The molecule has 0 aliphatic heterocycles. The molecule has 0 amide bonds. The van der Waals surface area contributed by atoms with Gasteiger partial charge >= 0.3 is 11.9 Å². The molecule has 0 fully saturated rings. The molecule has 0 saturated heterocycles. The third-order valence-electron chi connectivity index (χ3n) is 2.22. The molecule has 0 bridgehead atoms. The fourth-order valence-corrected chi connectivity index (χ4v) is 2.15. The number of nitrogen functional groups attached to an aromatic ring is 1. The number of rotatable bonds is 5. The van der Waals surface area contributed by atoms with Gasteiger partial charge in [-0.3, -0.25) is 4.79 Å². The van der Waals surface area contributed by atoms with Crippen LogP contribution in [0.1, 0.15) is 16.8 Å². The molecular formula is C12H15NO4S. The number of benzene rings is 1. The van der Waals surface area contributed by atoms with Crippen molar-refractivity contribution < 1.29 is 19.1 Å². The van der Waals surface area contributed by atoms with Crippen LogP contribution in [0.4, 0.5) is 5.69 Å². The Morgan fingerprint density at radius 3 is 2.56 bits per heavy atom. The zero-order chi connectivity index (χ0) is 13.5. The maximum atomic E-state index is 11.3. The molecule has 0 unspecified atom stereocenters. The van der Waals surface area contributed by atoms with E-state index >= 15 is 0 Å². The maximum absolute atomic E-state index is 11.3. The minimum absolute atomic E-state index is 0.257. The second-order valence-electron chi connectivity index (χ2n) is 3.42. The molecule has 2 N–H and O–H groups in total. The summed E-state index contributed by atoms with van der Waals surface area (Å²) in [5, 5.41) is 0. The van der Waals surface area contributed by atoms with Crippen LogP contribution < -0.4 is 5.73 Å². The summed E-state index contributed by atoms with van der Waals surface area (Å²) in [5.74, 6) is -0.103. The van der Waals surface area contributed by atoms with E-state index in [9.17, 15) is 9.59 Å². The third kappa shape index (κ3) is 3.96. The molecule has 98 valence electrons. The van der Waals surface area contributed by atoms with Crippen molar-refractivity contribution in [1.82, 2.24) is 0 Å². The fraction of sp³-hybridized carbons (Fsp3) is 0.333. The Morgan fingerprint density at radius 1 is 1.28 bits per heavy atom. The van der Waals surface area contributed by atoms with Gasteiger partial charge < -0.3 is 15.2 Å². The van der Waals surface area contributed by atoms with Crippen LogP contribution in [-0.4, -0.2) is 31.9 Å². The van der Waals surface area contributed by atoms with E-state index in [-0.39, 0.29) is 5.97 Å². The second-order valence-corrected chi connectivity index (χ2v) is 4.56. The number of methoxy groups -OCH3 is 2. The lowest BCUT2D eigenvalue weighted by Crippen LogP contribution is -2.03. The van der Waals surface area contributed by atoms with Crippen molar-refractivity contribution in [3.05, 3.63) is 23.8 Å². The topological polar surface area (TPSA) is 78.6 Å². The summed E-state index contributed by atoms with van der Waals surface area (Å²) >= 11 is 1.44. The molecule has 0 spiro atoms. The summed E-state index contributed by atoms with van der Waals surface area (Å²) < 4.78 is 9.13. The minimum atomic E-state index is -0.423. The van der Waals surface area contributed by atoms with E-state index in [0.717, 1.165) is 4.90 Å². The van der Waals surface area contributed by atoms with Gasteiger partial charge in [-0.2, -0.15) is 0 Å². The highest BCUT2D eigenvalue weighted by molar-refractivity contribution is 7.99. The van der Waals surface area contributed by atoms with Gasteiger partial charge in [0.1, 0.15) is 0 Å². The number of ether oxygens (including phenoxy) is 2. The van der Waals surface area contributed by atoms with Gasteiger partial charge in [-0.05, 0) is 18.2 Å². The predicted molar refractivity (Wildman–Crippen MR) is 69.6 cm³/mol. The number of anilines is 1. The van der Waals surface area contributed by atoms with Crippen molar-refractivity contribution in [2.45, 2.75) is 11.3 Å². The van der Waals surface area contributed by atoms with Crippen LogP contribution in [0.5, 0.6) is 0 Å². The first-order valence-electron chi connectivity index (χ1n) is 5.26. The lowest BCUT2D eigenvalue weighted by atomic mass is 10.2. The number of carbonyl (C=O) groups is 2. The van der Waals surface area contributed by atoms with Gasteiger partial charge in [0.2, 0.25) is 0 Å². The molecule has 0 radical (unpaired) electrons. The highest BCUT2D eigenvalue weighted by Gasteiger charge is 2.09. The van der Waals surface area contributed by atoms with Gasteiger partial charge in [-0.25, -0.2) is 4.79 Å². The van der Waals surface area contributed by atoms with Crippen molar-refractivity contribution in [3.8, 4) is 0 Å². The Balaban J connectivity index is 2.63. The van der Waals surface area contributed by atoms with E-state index in [4.69, 9.17) is 5.73 Å². The van der Waals surface area contributed by atoms with Crippen molar-refractivity contribution in [3.63, 3.8) is 0 Å². The normalized spacial score (nSPS) is 9.89. The molecule has 6 heteroatoms. The van der Waals surface area contributed by atoms with E-state index in [0.29, 0.717) is 23.4 Å². The van der Waals surface area contributed by atoms with E-state index < -0.39 is 5.97 Å². The molecule has 0 aliphatic carbocycles. The number of carbonyl (C=O) groups excluding carboxylic acids is 2. The van der Waals surface area contributed by atoms with Gasteiger partial charge in [0.15, 0.2) is 0 Å². The van der Waals surface area contributed by atoms with E-state index in [1.54, 1.807) is 18.2 Å². The predicted octanol–water partition coefficient (Wildman–Crippen LogP) is 1.71. The molecule has 1 rings (SSSR count). The van der Waals surface area contributed by atoms with Crippen LogP contribution in [-0.2, 0) is 14.3 Å². The average molecular weight is 269 g/mol. The van der Waals surface area contributed by atoms with Gasteiger partial charge in [0.25, 0.3) is 0 Å². The molecule has 5 nitrogen and oxygen atoms in total. The van der Waals surface area contributed by atoms with Crippen molar-refractivity contribution in [2.24, 2.45) is 0 Å². The van der Waals surface area contributed by atoms with Crippen LogP contribution >= 0.6 is 11.8 Å². The molecule has 1 aromatic carbocycles. The van der Waals surface area contributed by atoms with E-state index in [1.165, 1.54) is 26.0 Å². The number of esters is 2. The molecule has 0 aromatic heterocycles. The lowest BCUT2D eigenvalue weighted by molar-refractivity contribution is -0.140. The van der Waals surface area contributed by atoms with Crippen LogP contribution in [0.3, 0.4) is 0 Å². The average Bonchev–Trinajstić information content (AvgIpc) is 2.39. The van der Waals surface area contributed by atoms with Crippen molar-refractivity contribution >= 4 is 29.4 Å². The molecule has 0 saturated carbocycles. The summed E-state index contributed by atoms with van der Waals surface area (Å²) in [7, 11) is 2.67. The molecule has 18 heavy (non-hydrogen) atoms. The number of thioether (sulfide) groups is 1. The highest BCUT2D eigenvalue weighted by Crippen LogP contribution is 2.26. The number of nitrogens with two attached hydrogens (primary N) is 1. The Bertz CT molecular complexity index is 448. The second kappa shape index (κ2) is 6.90. The fourth-order valence-electron chi connectivity index (χ4n) is 1.27. The SMILES string of the molecule is COC(=O)CCSc1ccc(C(=O)OC)cc1N. The maximum Gasteiger partial charge on any atom is 0.337 e. The van der Waals surface area contributed by atoms with Crippen molar-refractivity contribution in [2.75, 3.05) is 25.7 Å². The van der Waals surface area contributed by atoms with E-state index in [2.05, 4.69) is 9.47 Å². The summed E-state index contributed by atoms with van der Waals surface area (Å²) in [5.41, 5.74) is 6.72. The third-order valence-corrected chi connectivity index (χ3v) is 3.31. The zero-order valence-corrected chi connectivity index (χ0v) is 11.1. The summed E-state index contributed by atoms with van der Waals surface area (Å²) in [4.78, 5) is 23.0. The van der Waals surface area contributed by atoms with Gasteiger partial charge in [-0.15, -0.1) is 11.8 Å². The smallest absolute Gasteiger partial charge is 0.337 e. The molecule has 0 aliphatic rings. The number of hydrogen-bond acceptors (Lipinski definition) is 6. The van der Waals surface area contributed by atoms with Crippen LogP contribution in [0.2, 0.25) is 0 Å². The monoisotopic (exact) mass is 269 g/mol. The largest absolute Gasteiger partial charge is 0.469 e. The Kier molecular flexibility index (Phi) is 5.51. The zero-order valence-electron chi connectivity index (χ0n) is 10.3. The van der Waals surface area contributed by atoms with Gasteiger partial charge in [0.05, 0.1) is 26.2 Å². The summed E-state index contributed by atoms with van der Waals surface area (Å²) in [6.07, 6.45) is 0.319. The standard InChI is InChI=1S/C12H15NO4S/c1-16-11(14)5-6-18-10-4-3-8(7-9(10)13)12(15)17-2/h3-4,7H,5-6,13H2,1-2H3. The van der Waals surface area contributed by atoms with Crippen molar-refractivity contribution in [1.29, 1.82) is 0 Å². The van der Waals surface area contributed by atoms with E-state index in [1.807, 2.05) is 0 Å². The van der Waals surface area contributed by atoms with Crippen LogP contribution in [0.15, 0.2) is 23.1 Å².